The van der Waals surface area contributed by atoms with Crippen molar-refractivity contribution in [2.75, 3.05) is 6.54 Å². The molecule has 0 atom stereocenters. The first-order valence-electron chi connectivity index (χ1n) is 5.86. The Morgan fingerprint density at radius 2 is 1.40 bits per heavy atom. The maximum atomic E-state index is 10.2. The summed E-state index contributed by atoms with van der Waals surface area (Å²) in [7, 11) is 0. The molecule has 0 fully saturated rings. The van der Waals surface area contributed by atoms with Crippen LogP contribution in [0.3, 0.4) is 0 Å². The number of carbonyl (C=O) groups is 1. The number of unbranched alkanes of at least 4 members (excludes halogenated alkanes) is 7. The van der Waals surface area contributed by atoms with Gasteiger partial charge in [0.25, 0.3) is 13.1 Å². The molecule has 0 saturated carbocycles. The molecule has 0 aliphatic carbocycles. The minimum absolute atomic E-state index is 0.317. The van der Waals surface area contributed by atoms with Crippen molar-refractivity contribution in [2.24, 2.45) is 0 Å². The van der Waals surface area contributed by atoms with Crippen molar-refractivity contribution < 1.29 is 9.90 Å². The predicted octanol–water partition coefficient (Wildman–Crippen LogP) is 3.54. The Morgan fingerprint density at radius 3 is 1.87 bits per heavy atom. The van der Waals surface area contributed by atoms with Gasteiger partial charge in [-0.25, -0.2) is 0 Å². The van der Waals surface area contributed by atoms with Gasteiger partial charge in [-0.3, -0.25) is 4.79 Å². The number of nitrogens with zero attached hydrogens (tertiary/aromatic N) is 1. The van der Waals surface area contributed by atoms with Gasteiger partial charge in [0.1, 0.15) is 0 Å². The quantitative estimate of drug-likeness (QED) is 0.563. The average Bonchev–Trinajstić information content (AvgIpc) is 2.20. The minimum atomic E-state index is -0.680. The summed E-state index contributed by atoms with van der Waals surface area (Å²) in [6.45, 7) is 5.80. The molecular formula is C12H22NO2+. The van der Waals surface area contributed by atoms with Gasteiger partial charge in [0.2, 0.25) is 0 Å². The molecular weight excluding hydrogens is 190 g/mol. The second kappa shape index (κ2) is 11.0. The van der Waals surface area contributed by atoms with Crippen LogP contribution in [0.1, 0.15) is 57.8 Å². The van der Waals surface area contributed by atoms with E-state index in [4.69, 9.17) is 11.7 Å². The van der Waals surface area contributed by atoms with E-state index in [1.807, 2.05) is 0 Å². The molecule has 0 heterocycles. The second-order valence-corrected chi connectivity index (χ2v) is 3.88. The van der Waals surface area contributed by atoms with Gasteiger partial charge in [-0.1, -0.05) is 36.9 Å². The average molecular weight is 212 g/mol. The molecule has 0 rings (SSSR count). The maximum Gasteiger partial charge on any atom is 0.303 e. The summed E-state index contributed by atoms with van der Waals surface area (Å²) in [5.74, 6) is -0.680. The van der Waals surface area contributed by atoms with Crippen molar-refractivity contribution in [3.05, 3.63) is 4.85 Å². The molecule has 0 radical (unpaired) electrons. The first-order valence-corrected chi connectivity index (χ1v) is 5.86. The van der Waals surface area contributed by atoms with Crippen LogP contribution in [0.25, 0.3) is 4.85 Å². The number of carboxylic acids is 1. The van der Waals surface area contributed by atoms with Gasteiger partial charge < -0.3 is 5.11 Å². The molecule has 0 aliphatic heterocycles. The fraction of sp³-hybridized carbons (Fsp3) is 0.833. The summed E-state index contributed by atoms with van der Waals surface area (Å²) in [5.41, 5.74) is 0. The fourth-order valence-electron chi connectivity index (χ4n) is 1.54. The van der Waals surface area contributed by atoms with Crippen LogP contribution in [0, 0.1) is 6.57 Å². The Labute approximate surface area is 92.3 Å². The summed E-state index contributed by atoms with van der Waals surface area (Å²) in [6.07, 6.45) is 9.36. The molecule has 3 heteroatoms. The summed E-state index contributed by atoms with van der Waals surface area (Å²) in [5, 5.41) is 8.42. The van der Waals surface area contributed by atoms with Crippen LogP contribution in [0.2, 0.25) is 0 Å². The first-order chi connectivity index (χ1) is 7.27. The van der Waals surface area contributed by atoms with E-state index >= 15 is 0 Å². The SMILES string of the molecule is C#[N+]CCCCCCCCCCC(=O)O. The third-order valence-corrected chi connectivity index (χ3v) is 2.43. The number of carboxylic acid groups (broad SMARTS) is 1. The number of aliphatic carboxylic acids is 1. The van der Waals surface area contributed by atoms with Crippen LogP contribution in [0.4, 0.5) is 0 Å². The number of hydrogen-bond acceptors (Lipinski definition) is 1. The molecule has 0 aliphatic rings. The highest BCUT2D eigenvalue weighted by Gasteiger charge is 1.97. The largest absolute Gasteiger partial charge is 0.481 e. The van der Waals surface area contributed by atoms with Crippen LogP contribution in [-0.2, 0) is 4.79 Å². The highest BCUT2D eigenvalue weighted by atomic mass is 16.4. The van der Waals surface area contributed by atoms with Gasteiger partial charge in [0.05, 0.1) is 0 Å². The minimum Gasteiger partial charge on any atom is -0.481 e. The normalized spacial score (nSPS) is 9.80. The van der Waals surface area contributed by atoms with Crippen molar-refractivity contribution in [3.63, 3.8) is 0 Å². The lowest BCUT2D eigenvalue weighted by Gasteiger charge is -1.99. The molecule has 0 aromatic rings. The Hall–Kier alpha value is -1.04. The van der Waals surface area contributed by atoms with Crippen molar-refractivity contribution in [1.82, 2.24) is 0 Å². The van der Waals surface area contributed by atoms with E-state index in [1.165, 1.54) is 25.7 Å². The van der Waals surface area contributed by atoms with Crippen LogP contribution in [-0.4, -0.2) is 17.6 Å². The molecule has 1 N–H and O–H groups in total. The summed E-state index contributed by atoms with van der Waals surface area (Å²) < 4.78 is 0. The Kier molecular flexibility index (Phi) is 10.3. The van der Waals surface area contributed by atoms with Gasteiger partial charge in [-0.2, -0.15) is 0 Å². The monoisotopic (exact) mass is 212 g/mol. The van der Waals surface area contributed by atoms with E-state index in [1.54, 1.807) is 0 Å². The molecule has 86 valence electrons. The van der Waals surface area contributed by atoms with E-state index in [9.17, 15) is 4.79 Å². The molecule has 0 unspecified atom stereocenters. The van der Waals surface area contributed by atoms with Crippen LogP contribution >= 0.6 is 0 Å². The molecule has 0 saturated heterocycles. The van der Waals surface area contributed by atoms with Crippen molar-refractivity contribution in [2.45, 2.75) is 57.8 Å². The third kappa shape index (κ3) is 13.0. The Bertz CT molecular complexity index is 196. The Balaban J connectivity index is 2.93. The van der Waals surface area contributed by atoms with Gasteiger partial charge in [-0.15, -0.1) is 0 Å². The maximum absolute atomic E-state index is 10.2. The highest BCUT2D eigenvalue weighted by Crippen LogP contribution is 2.09. The van der Waals surface area contributed by atoms with Gasteiger partial charge in [0, 0.05) is 12.8 Å². The van der Waals surface area contributed by atoms with Crippen LogP contribution in [0.15, 0.2) is 0 Å². The molecule has 0 aromatic carbocycles. The lowest BCUT2D eigenvalue weighted by molar-refractivity contribution is -0.137. The van der Waals surface area contributed by atoms with Gasteiger partial charge >= 0.3 is 5.97 Å². The van der Waals surface area contributed by atoms with Crippen LogP contribution < -0.4 is 0 Å². The zero-order chi connectivity index (χ0) is 11.4. The lowest BCUT2D eigenvalue weighted by atomic mass is 10.1. The van der Waals surface area contributed by atoms with E-state index in [0.29, 0.717) is 6.42 Å². The van der Waals surface area contributed by atoms with E-state index < -0.39 is 5.97 Å². The number of rotatable bonds is 10. The second-order valence-electron chi connectivity index (χ2n) is 3.88. The van der Waals surface area contributed by atoms with E-state index in [-0.39, 0.29) is 0 Å². The topological polar surface area (TPSA) is 41.7 Å². The lowest BCUT2D eigenvalue weighted by Crippen LogP contribution is -1.93. The third-order valence-electron chi connectivity index (χ3n) is 2.43. The van der Waals surface area contributed by atoms with Crippen molar-refractivity contribution in [3.8, 4) is 6.57 Å². The van der Waals surface area contributed by atoms with E-state index in [2.05, 4.69) is 4.85 Å². The van der Waals surface area contributed by atoms with Crippen LogP contribution in [0.5, 0.6) is 0 Å². The molecule has 3 nitrogen and oxygen atoms in total. The molecule has 0 spiro atoms. The summed E-state index contributed by atoms with van der Waals surface area (Å²) >= 11 is 0. The zero-order valence-corrected chi connectivity index (χ0v) is 9.45. The van der Waals surface area contributed by atoms with Gasteiger partial charge in [0.15, 0.2) is 0 Å². The van der Waals surface area contributed by atoms with Crippen molar-refractivity contribution >= 4 is 5.97 Å². The molecule has 0 bridgehead atoms. The molecule has 0 amide bonds. The Morgan fingerprint density at radius 1 is 0.933 bits per heavy atom. The summed E-state index contributed by atoms with van der Waals surface area (Å²) in [4.78, 5) is 13.8. The molecule has 0 aromatic heterocycles. The van der Waals surface area contributed by atoms with E-state index in [0.717, 1.165) is 32.2 Å². The smallest absolute Gasteiger partial charge is 0.303 e. The standard InChI is InChI=1S/C12H21NO2/c1-13-11-9-7-5-3-2-4-6-8-10-12(14)15/h1H,2-11H2/p+1. The fourth-order valence-corrected chi connectivity index (χ4v) is 1.54. The molecule has 15 heavy (non-hydrogen) atoms. The predicted molar refractivity (Wildman–Crippen MR) is 62.4 cm³/mol. The number of hydrogen-bond donors (Lipinski definition) is 1. The van der Waals surface area contributed by atoms with Gasteiger partial charge in [-0.05, 0) is 12.8 Å². The van der Waals surface area contributed by atoms with Crippen molar-refractivity contribution in [1.29, 1.82) is 0 Å². The first kappa shape index (κ1) is 14.0. The zero-order valence-electron chi connectivity index (χ0n) is 9.45. The highest BCUT2D eigenvalue weighted by molar-refractivity contribution is 5.66. The summed E-state index contributed by atoms with van der Waals surface area (Å²) in [6, 6.07) is 0.